The maximum Gasteiger partial charge on any atom is 0.270 e. The van der Waals surface area contributed by atoms with Gasteiger partial charge in [-0.1, -0.05) is 0 Å². The summed E-state index contributed by atoms with van der Waals surface area (Å²) in [5.41, 5.74) is 0.917. The van der Waals surface area contributed by atoms with Crippen molar-refractivity contribution in [3.8, 4) is 0 Å². The monoisotopic (exact) mass is 278 g/mol. The highest BCUT2D eigenvalue weighted by molar-refractivity contribution is 5.95. The second kappa shape index (κ2) is 6.00. The fraction of sp³-hybridized carbons (Fsp3) is 0.500. The van der Waals surface area contributed by atoms with Crippen molar-refractivity contribution in [3.05, 3.63) is 39.4 Å². The third-order valence-corrected chi connectivity index (χ3v) is 3.57. The van der Waals surface area contributed by atoms with Crippen molar-refractivity contribution in [1.82, 2.24) is 5.32 Å². The number of carbonyl (C=O) groups is 1. The Labute approximate surface area is 117 Å². The molecular formula is C14H18N2O4. The molecule has 0 unspecified atom stereocenters. The summed E-state index contributed by atoms with van der Waals surface area (Å²) in [6.07, 6.45) is 2.56. The number of nitro groups is 1. The first kappa shape index (κ1) is 14.5. The highest BCUT2D eigenvalue weighted by Crippen LogP contribution is 2.20. The molecule has 0 spiro atoms. The van der Waals surface area contributed by atoms with E-state index < -0.39 is 4.92 Å². The lowest BCUT2D eigenvalue weighted by Gasteiger charge is -2.26. The predicted octanol–water partition coefficient (Wildman–Crippen LogP) is 1.94. The number of hydrogen-bond donors (Lipinski definition) is 2. The molecule has 2 N–H and O–H groups in total. The molecule has 0 atom stereocenters. The number of aliphatic hydroxyl groups excluding tert-OH is 1. The lowest BCUT2D eigenvalue weighted by Crippen LogP contribution is -2.38. The van der Waals surface area contributed by atoms with Gasteiger partial charge in [0.2, 0.25) is 0 Å². The maximum atomic E-state index is 12.1. The first-order chi connectivity index (χ1) is 9.45. The first-order valence-corrected chi connectivity index (χ1v) is 6.70. The van der Waals surface area contributed by atoms with Crippen LogP contribution in [0.3, 0.4) is 0 Å². The van der Waals surface area contributed by atoms with Gasteiger partial charge in [-0.05, 0) is 44.2 Å². The van der Waals surface area contributed by atoms with Crippen LogP contribution in [0.25, 0.3) is 0 Å². The smallest absolute Gasteiger partial charge is 0.270 e. The van der Waals surface area contributed by atoms with E-state index in [0.29, 0.717) is 24.0 Å². The van der Waals surface area contributed by atoms with Gasteiger partial charge in [-0.3, -0.25) is 14.9 Å². The second-order valence-electron chi connectivity index (χ2n) is 5.29. The molecule has 0 heterocycles. The fourth-order valence-electron chi connectivity index (χ4n) is 2.49. The summed E-state index contributed by atoms with van der Waals surface area (Å²) in [6.45, 7) is 1.72. The minimum Gasteiger partial charge on any atom is -0.393 e. The molecule has 1 aliphatic carbocycles. The predicted molar refractivity (Wildman–Crippen MR) is 73.6 cm³/mol. The molecule has 6 nitrogen and oxygen atoms in total. The lowest BCUT2D eigenvalue weighted by molar-refractivity contribution is -0.384. The van der Waals surface area contributed by atoms with Gasteiger partial charge in [0.05, 0.1) is 11.0 Å². The molecule has 6 heteroatoms. The number of amides is 1. The van der Waals surface area contributed by atoms with Crippen LogP contribution in [0.1, 0.15) is 41.6 Å². The molecule has 20 heavy (non-hydrogen) atoms. The molecule has 1 aromatic carbocycles. The van der Waals surface area contributed by atoms with Crippen LogP contribution in [0.15, 0.2) is 18.2 Å². The lowest BCUT2D eigenvalue weighted by atomic mass is 9.93. The molecule has 0 aliphatic heterocycles. The van der Waals surface area contributed by atoms with Crippen LogP contribution < -0.4 is 5.32 Å². The van der Waals surface area contributed by atoms with Crippen molar-refractivity contribution in [2.75, 3.05) is 0 Å². The molecule has 108 valence electrons. The molecule has 1 fully saturated rings. The molecule has 1 amide bonds. The first-order valence-electron chi connectivity index (χ1n) is 6.70. The van der Waals surface area contributed by atoms with Crippen molar-refractivity contribution in [2.24, 2.45) is 0 Å². The Kier molecular flexibility index (Phi) is 4.34. The number of rotatable bonds is 3. The van der Waals surface area contributed by atoms with Gasteiger partial charge in [-0.25, -0.2) is 0 Å². The van der Waals surface area contributed by atoms with Gasteiger partial charge in [0.1, 0.15) is 0 Å². The molecule has 0 saturated heterocycles. The number of carbonyl (C=O) groups excluding carboxylic acids is 1. The summed E-state index contributed by atoms with van der Waals surface area (Å²) in [5.74, 6) is -0.293. The van der Waals surface area contributed by atoms with Crippen LogP contribution in [0.4, 0.5) is 5.69 Å². The van der Waals surface area contributed by atoms with Crippen molar-refractivity contribution in [2.45, 2.75) is 44.8 Å². The van der Waals surface area contributed by atoms with E-state index in [9.17, 15) is 20.0 Å². The number of nitro benzene ring substituents is 1. The van der Waals surface area contributed by atoms with E-state index in [1.807, 2.05) is 0 Å². The largest absolute Gasteiger partial charge is 0.393 e. The molecule has 2 rings (SSSR count). The zero-order chi connectivity index (χ0) is 14.7. The number of aliphatic hydroxyl groups is 1. The number of non-ortho nitro benzene ring substituents is 1. The van der Waals surface area contributed by atoms with Gasteiger partial charge in [-0.2, -0.15) is 0 Å². The Morgan fingerprint density at radius 2 is 1.95 bits per heavy atom. The molecule has 1 aliphatic rings. The maximum absolute atomic E-state index is 12.1. The zero-order valence-corrected chi connectivity index (χ0v) is 11.3. The van der Waals surface area contributed by atoms with Crippen molar-refractivity contribution in [3.63, 3.8) is 0 Å². The Hall–Kier alpha value is -1.95. The Morgan fingerprint density at radius 1 is 1.30 bits per heavy atom. The molecule has 0 aromatic heterocycles. The third kappa shape index (κ3) is 3.54. The Bertz CT molecular complexity index is 522. The highest BCUT2D eigenvalue weighted by atomic mass is 16.6. The summed E-state index contributed by atoms with van der Waals surface area (Å²) >= 11 is 0. The van der Waals surface area contributed by atoms with E-state index in [2.05, 4.69) is 5.32 Å². The second-order valence-corrected chi connectivity index (χ2v) is 5.29. The molecular weight excluding hydrogens is 260 g/mol. The Balaban J connectivity index is 2.07. The van der Waals surface area contributed by atoms with E-state index >= 15 is 0 Å². The molecule has 1 aromatic rings. The normalized spacial score (nSPS) is 22.3. The quantitative estimate of drug-likeness (QED) is 0.652. The number of nitrogens with one attached hydrogen (secondary N) is 1. The number of nitrogens with zero attached hydrogens (tertiary/aromatic N) is 1. The molecule has 0 radical (unpaired) electrons. The van der Waals surface area contributed by atoms with E-state index in [1.165, 1.54) is 12.1 Å². The highest BCUT2D eigenvalue weighted by Gasteiger charge is 2.22. The SMILES string of the molecule is Cc1cc(C(=O)NC2CCC(O)CC2)cc([N+](=O)[O-])c1. The standard InChI is InChI=1S/C14H18N2O4/c1-9-6-10(8-12(7-9)16(19)20)14(18)15-11-2-4-13(17)5-3-11/h6-8,11,13,17H,2-5H2,1H3,(H,15,18). The fourth-order valence-corrected chi connectivity index (χ4v) is 2.49. The number of hydrogen-bond acceptors (Lipinski definition) is 4. The van der Waals surface area contributed by atoms with E-state index in [4.69, 9.17) is 0 Å². The molecule has 0 bridgehead atoms. The summed E-state index contributed by atoms with van der Waals surface area (Å²) in [4.78, 5) is 22.4. The summed E-state index contributed by atoms with van der Waals surface area (Å²) in [7, 11) is 0. The summed E-state index contributed by atoms with van der Waals surface area (Å²) in [5, 5.41) is 23.1. The van der Waals surface area contributed by atoms with E-state index in [-0.39, 0.29) is 23.7 Å². The van der Waals surface area contributed by atoms with Gasteiger partial charge < -0.3 is 10.4 Å². The summed E-state index contributed by atoms with van der Waals surface area (Å²) in [6, 6.07) is 4.40. The summed E-state index contributed by atoms with van der Waals surface area (Å²) < 4.78 is 0. The van der Waals surface area contributed by atoms with Crippen LogP contribution in [0, 0.1) is 17.0 Å². The van der Waals surface area contributed by atoms with Gasteiger partial charge in [0, 0.05) is 23.7 Å². The van der Waals surface area contributed by atoms with E-state index in [1.54, 1.807) is 13.0 Å². The van der Waals surface area contributed by atoms with Crippen LogP contribution in [-0.2, 0) is 0 Å². The number of aryl methyl sites for hydroxylation is 1. The van der Waals surface area contributed by atoms with E-state index in [0.717, 1.165) is 12.8 Å². The van der Waals surface area contributed by atoms with Crippen LogP contribution in [0.5, 0.6) is 0 Å². The average Bonchev–Trinajstić information content (AvgIpc) is 2.40. The minimum atomic E-state index is -0.499. The van der Waals surface area contributed by atoms with Gasteiger partial charge in [0.15, 0.2) is 0 Å². The van der Waals surface area contributed by atoms with Crippen LogP contribution in [-0.4, -0.2) is 28.1 Å². The van der Waals surface area contributed by atoms with Crippen molar-refractivity contribution < 1.29 is 14.8 Å². The van der Waals surface area contributed by atoms with Crippen molar-refractivity contribution in [1.29, 1.82) is 0 Å². The van der Waals surface area contributed by atoms with Crippen molar-refractivity contribution >= 4 is 11.6 Å². The van der Waals surface area contributed by atoms with Crippen LogP contribution >= 0.6 is 0 Å². The molecule has 1 saturated carbocycles. The average molecular weight is 278 g/mol. The number of benzene rings is 1. The van der Waals surface area contributed by atoms with Gasteiger partial charge in [0.25, 0.3) is 11.6 Å². The third-order valence-electron chi connectivity index (χ3n) is 3.57. The van der Waals surface area contributed by atoms with Gasteiger partial charge in [-0.15, -0.1) is 0 Å². The topological polar surface area (TPSA) is 92.5 Å². The zero-order valence-electron chi connectivity index (χ0n) is 11.3. The minimum absolute atomic E-state index is 0.0328. The Morgan fingerprint density at radius 3 is 2.55 bits per heavy atom. The van der Waals surface area contributed by atoms with Gasteiger partial charge >= 0.3 is 0 Å². The van der Waals surface area contributed by atoms with Crippen LogP contribution in [0.2, 0.25) is 0 Å².